The first-order valence-corrected chi connectivity index (χ1v) is 8.83. The molecule has 1 heterocycles. The Labute approximate surface area is 148 Å². The second-order valence-electron chi connectivity index (χ2n) is 4.79. The van der Waals surface area contributed by atoms with E-state index < -0.39 is 12.1 Å². The number of hydrogen-bond acceptors (Lipinski definition) is 6. The molecule has 124 valence electrons. The zero-order valence-electron chi connectivity index (χ0n) is 12.7. The molecular formula is C15H16Cl2N2O3S. The molecule has 0 bridgehead atoms. The highest BCUT2D eigenvalue weighted by molar-refractivity contribution is 8.00. The molecule has 1 unspecified atom stereocenters. The molecular weight excluding hydrogens is 359 g/mol. The zero-order valence-corrected chi connectivity index (χ0v) is 15.0. The number of nitrogens with zero attached hydrogens (tertiary/aromatic N) is 2. The minimum Gasteiger partial charge on any atom is -0.452 e. The van der Waals surface area contributed by atoms with Gasteiger partial charge in [0.1, 0.15) is 0 Å². The second kappa shape index (κ2) is 8.57. The van der Waals surface area contributed by atoms with Gasteiger partial charge in [0.05, 0.1) is 10.8 Å². The minimum atomic E-state index is -0.587. The third-order valence-corrected chi connectivity index (χ3v) is 4.56. The summed E-state index contributed by atoms with van der Waals surface area (Å²) in [6.07, 6.45) is 1.06. The Morgan fingerprint density at radius 1 is 1.43 bits per heavy atom. The van der Waals surface area contributed by atoms with Crippen LogP contribution in [0.15, 0.2) is 27.6 Å². The maximum absolute atomic E-state index is 11.9. The van der Waals surface area contributed by atoms with Gasteiger partial charge >= 0.3 is 5.97 Å². The van der Waals surface area contributed by atoms with Gasteiger partial charge in [0.25, 0.3) is 5.89 Å². The lowest BCUT2D eigenvalue weighted by molar-refractivity contribution is -0.146. The third kappa shape index (κ3) is 5.41. The van der Waals surface area contributed by atoms with Crippen LogP contribution in [-0.4, -0.2) is 21.9 Å². The molecule has 0 N–H and O–H groups in total. The summed E-state index contributed by atoms with van der Waals surface area (Å²) in [5.74, 6) is 0.632. The van der Waals surface area contributed by atoms with Gasteiger partial charge in [0.2, 0.25) is 0 Å². The summed E-state index contributed by atoms with van der Waals surface area (Å²) in [4.78, 5) is 16.8. The molecule has 1 aromatic carbocycles. The molecule has 0 fully saturated rings. The summed E-state index contributed by atoms with van der Waals surface area (Å²) < 4.78 is 10.4. The number of halogens is 2. The van der Waals surface area contributed by atoms with E-state index in [1.807, 2.05) is 6.92 Å². The Kier molecular flexibility index (Phi) is 6.74. The highest BCUT2D eigenvalue weighted by atomic mass is 35.5. The summed E-state index contributed by atoms with van der Waals surface area (Å²) in [5.41, 5.74) is 0. The number of carbonyl (C=O) groups excluding carboxylic acids is 1. The quantitative estimate of drug-likeness (QED) is 0.515. The number of aromatic nitrogens is 2. The summed E-state index contributed by atoms with van der Waals surface area (Å²) in [5, 5.41) is 4.94. The van der Waals surface area contributed by atoms with E-state index >= 15 is 0 Å². The molecule has 0 saturated carbocycles. The fourth-order valence-corrected chi connectivity index (χ4v) is 3.04. The smallest absolute Gasteiger partial charge is 0.317 e. The first-order valence-electron chi connectivity index (χ1n) is 7.09. The Morgan fingerprint density at radius 2 is 2.22 bits per heavy atom. The lowest BCUT2D eigenvalue weighted by Crippen LogP contribution is -2.11. The van der Waals surface area contributed by atoms with E-state index in [9.17, 15) is 4.79 Å². The zero-order chi connectivity index (χ0) is 16.8. The van der Waals surface area contributed by atoms with Crippen LogP contribution in [0.5, 0.6) is 0 Å². The van der Waals surface area contributed by atoms with Crippen molar-refractivity contribution in [2.75, 3.05) is 5.75 Å². The van der Waals surface area contributed by atoms with Crippen molar-refractivity contribution in [1.29, 1.82) is 0 Å². The molecule has 0 aliphatic rings. The topological polar surface area (TPSA) is 65.2 Å². The van der Waals surface area contributed by atoms with Gasteiger partial charge in [-0.05, 0) is 31.5 Å². The molecule has 0 radical (unpaired) electrons. The number of carbonyl (C=O) groups is 1. The molecule has 2 rings (SSSR count). The maximum atomic E-state index is 11.9. The SMILES string of the molecule is CCCc1noc(C(C)OC(=O)CSc2cc(Cl)ccc2Cl)n1. The van der Waals surface area contributed by atoms with Crippen LogP contribution in [0.2, 0.25) is 10.0 Å². The molecule has 23 heavy (non-hydrogen) atoms. The van der Waals surface area contributed by atoms with Crippen molar-refractivity contribution >= 4 is 40.9 Å². The Balaban J connectivity index is 1.87. The average molecular weight is 375 g/mol. The second-order valence-corrected chi connectivity index (χ2v) is 6.66. The Bertz CT molecular complexity index is 678. The fraction of sp³-hybridized carbons (Fsp3) is 0.400. The number of hydrogen-bond donors (Lipinski definition) is 0. The van der Waals surface area contributed by atoms with E-state index in [2.05, 4.69) is 10.1 Å². The van der Waals surface area contributed by atoms with Crippen LogP contribution in [0.4, 0.5) is 0 Å². The molecule has 8 heteroatoms. The van der Waals surface area contributed by atoms with E-state index in [0.29, 0.717) is 21.8 Å². The van der Waals surface area contributed by atoms with Gasteiger partial charge in [-0.25, -0.2) is 0 Å². The highest BCUT2D eigenvalue weighted by Gasteiger charge is 2.18. The summed E-state index contributed by atoms with van der Waals surface area (Å²) in [7, 11) is 0. The van der Waals surface area contributed by atoms with Crippen LogP contribution >= 0.6 is 35.0 Å². The fourth-order valence-electron chi connectivity index (χ4n) is 1.76. The van der Waals surface area contributed by atoms with Crippen LogP contribution < -0.4 is 0 Å². The van der Waals surface area contributed by atoms with Crippen LogP contribution in [0.25, 0.3) is 0 Å². The standard InChI is InChI=1S/C15H16Cl2N2O3S/c1-3-4-13-18-15(22-19-13)9(2)21-14(20)8-23-12-7-10(16)5-6-11(12)17/h5-7,9H,3-4,8H2,1-2H3. The maximum Gasteiger partial charge on any atom is 0.317 e. The predicted molar refractivity (Wildman–Crippen MR) is 90.0 cm³/mol. The minimum absolute atomic E-state index is 0.111. The molecule has 0 amide bonds. The van der Waals surface area contributed by atoms with E-state index in [-0.39, 0.29) is 5.75 Å². The van der Waals surface area contributed by atoms with E-state index in [0.717, 1.165) is 17.7 Å². The van der Waals surface area contributed by atoms with Gasteiger partial charge in [0, 0.05) is 16.3 Å². The van der Waals surface area contributed by atoms with Crippen molar-refractivity contribution in [1.82, 2.24) is 10.1 Å². The van der Waals surface area contributed by atoms with Crippen LogP contribution in [0.1, 0.15) is 38.1 Å². The van der Waals surface area contributed by atoms with Gasteiger partial charge in [0.15, 0.2) is 11.9 Å². The van der Waals surface area contributed by atoms with Crippen molar-refractivity contribution < 1.29 is 14.1 Å². The Hall–Kier alpha value is -1.24. The Morgan fingerprint density at radius 3 is 2.96 bits per heavy atom. The molecule has 0 aliphatic carbocycles. The van der Waals surface area contributed by atoms with Crippen molar-refractivity contribution in [2.24, 2.45) is 0 Å². The van der Waals surface area contributed by atoms with Crippen molar-refractivity contribution in [3.8, 4) is 0 Å². The number of aryl methyl sites for hydroxylation is 1. The first kappa shape index (κ1) is 18.1. The van der Waals surface area contributed by atoms with Crippen LogP contribution in [0.3, 0.4) is 0 Å². The summed E-state index contributed by atoms with van der Waals surface area (Å²) in [6, 6.07) is 5.09. The van der Waals surface area contributed by atoms with Crippen LogP contribution in [-0.2, 0) is 16.0 Å². The van der Waals surface area contributed by atoms with Gasteiger partial charge in [-0.3, -0.25) is 4.79 Å². The van der Waals surface area contributed by atoms with Gasteiger partial charge < -0.3 is 9.26 Å². The molecule has 1 atom stereocenters. The molecule has 1 aromatic heterocycles. The van der Waals surface area contributed by atoms with Gasteiger partial charge in [-0.2, -0.15) is 4.98 Å². The normalized spacial score (nSPS) is 12.2. The molecule has 0 spiro atoms. The molecule has 0 aliphatic heterocycles. The van der Waals surface area contributed by atoms with Crippen molar-refractivity contribution in [3.05, 3.63) is 40.0 Å². The number of thioether (sulfide) groups is 1. The van der Waals surface area contributed by atoms with Gasteiger partial charge in [-0.1, -0.05) is 35.3 Å². The number of benzene rings is 1. The monoisotopic (exact) mass is 374 g/mol. The van der Waals surface area contributed by atoms with E-state index in [1.54, 1.807) is 25.1 Å². The third-order valence-electron chi connectivity index (χ3n) is 2.85. The van der Waals surface area contributed by atoms with Crippen molar-refractivity contribution in [2.45, 2.75) is 37.7 Å². The van der Waals surface area contributed by atoms with E-state index in [4.69, 9.17) is 32.5 Å². The van der Waals surface area contributed by atoms with Gasteiger partial charge in [-0.15, -0.1) is 11.8 Å². The molecule has 5 nitrogen and oxygen atoms in total. The largest absolute Gasteiger partial charge is 0.452 e. The lowest BCUT2D eigenvalue weighted by Gasteiger charge is -2.09. The molecule has 0 saturated heterocycles. The lowest BCUT2D eigenvalue weighted by atomic mass is 10.3. The summed E-state index contributed by atoms with van der Waals surface area (Å²) in [6.45, 7) is 3.72. The molecule has 2 aromatic rings. The summed E-state index contributed by atoms with van der Waals surface area (Å²) >= 11 is 13.2. The number of esters is 1. The highest BCUT2D eigenvalue weighted by Crippen LogP contribution is 2.30. The first-order chi connectivity index (χ1) is 11.0. The number of ether oxygens (including phenoxy) is 1. The average Bonchev–Trinajstić information content (AvgIpc) is 2.97. The van der Waals surface area contributed by atoms with Crippen LogP contribution in [0, 0.1) is 0 Å². The predicted octanol–water partition coefficient (Wildman–Crippen LogP) is 4.73. The van der Waals surface area contributed by atoms with E-state index in [1.165, 1.54) is 11.8 Å². The number of rotatable bonds is 7. The van der Waals surface area contributed by atoms with Crippen molar-refractivity contribution in [3.63, 3.8) is 0 Å².